The number of ether oxygens (including phenoxy) is 1. The van der Waals surface area contributed by atoms with Gasteiger partial charge in [-0.05, 0) is 67.9 Å². The fraction of sp³-hybridized carbons (Fsp3) is 0.517. The van der Waals surface area contributed by atoms with E-state index in [1.54, 1.807) is 19.2 Å². The predicted molar refractivity (Wildman–Crippen MR) is 143 cm³/mol. The largest absolute Gasteiger partial charge is 0.495 e. The molecule has 3 fully saturated rings. The highest BCUT2D eigenvalue weighted by Crippen LogP contribution is 2.51. The van der Waals surface area contributed by atoms with Crippen LogP contribution in [0.25, 0.3) is 11.1 Å². The number of carboxylic acids is 1. The van der Waals surface area contributed by atoms with E-state index >= 15 is 0 Å². The second-order valence-corrected chi connectivity index (χ2v) is 11.7. The van der Waals surface area contributed by atoms with E-state index in [9.17, 15) is 14.3 Å². The van der Waals surface area contributed by atoms with Gasteiger partial charge in [-0.25, -0.2) is 4.39 Å². The molecule has 6 rings (SSSR count). The molecule has 2 saturated heterocycles. The molecule has 2 atom stereocenters. The van der Waals surface area contributed by atoms with Crippen molar-refractivity contribution < 1.29 is 23.9 Å². The summed E-state index contributed by atoms with van der Waals surface area (Å²) in [6.07, 6.45) is 4.25. The van der Waals surface area contributed by atoms with Crippen LogP contribution in [0.5, 0.6) is 5.75 Å². The van der Waals surface area contributed by atoms with E-state index in [1.165, 1.54) is 17.7 Å². The maximum absolute atomic E-state index is 13.6. The summed E-state index contributed by atoms with van der Waals surface area (Å²) in [6.45, 7) is 4.95. The van der Waals surface area contributed by atoms with Gasteiger partial charge in [0, 0.05) is 43.3 Å². The van der Waals surface area contributed by atoms with Crippen molar-refractivity contribution >= 4 is 23.4 Å². The zero-order valence-electron chi connectivity index (χ0n) is 21.8. The third kappa shape index (κ3) is 4.62. The number of carboxylic acid groups (broad SMARTS) is 1. The van der Waals surface area contributed by atoms with Gasteiger partial charge in [-0.3, -0.25) is 9.69 Å². The van der Waals surface area contributed by atoms with E-state index in [1.807, 2.05) is 0 Å². The third-order valence-electron chi connectivity index (χ3n) is 8.48. The van der Waals surface area contributed by atoms with Gasteiger partial charge in [0.2, 0.25) is 0 Å². The maximum Gasteiger partial charge on any atom is 0.306 e. The Kier molecular flexibility index (Phi) is 6.51. The number of carbonyl (C=O) groups is 1. The molecule has 7 nitrogen and oxygen atoms in total. The third-order valence-corrected chi connectivity index (χ3v) is 8.84. The average Bonchev–Trinajstić information content (AvgIpc) is 3.63. The highest BCUT2D eigenvalue weighted by Gasteiger charge is 2.51. The van der Waals surface area contributed by atoms with Crippen LogP contribution in [0.15, 0.2) is 35.5 Å². The number of hydrogen-bond donors (Lipinski definition) is 1. The van der Waals surface area contributed by atoms with Gasteiger partial charge in [-0.15, -0.1) is 0 Å². The number of aliphatic carboxylic acids is 1. The van der Waals surface area contributed by atoms with E-state index in [-0.39, 0.29) is 23.4 Å². The molecule has 0 aromatic heterocycles. The first-order valence-electron chi connectivity index (χ1n) is 13.4. The molecule has 3 aliphatic heterocycles. The summed E-state index contributed by atoms with van der Waals surface area (Å²) in [5.41, 5.74) is 3.76. The SMILES string of the molecule is COc1c(CN2CC3(CC(N4CCC(C(=O)O)CC4C)=NO3)C2)cc(C2CC2)c(-c2ccc(F)cc2)c1Cl. The van der Waals surface area contributed by atoms with Crippen molar-refractivity contribution in [3.05, 3.63) is 52.3 Å². The molecule has 4 aliphatic rings. The lowest BCUT2D eigenvalue weighted by atomic mass is 9.87. The van der Waals surface area contributed by atoms with Crippen molar-refractivity contribution in [1.29, 1.82) is 0 Å². The van der Waals surface area contributed by atoms with Gasteiger partial charge in [0.15, 0.2) is 5.60 Å². The topological polar surface area (TPSA) is 74.6 Å². The maximum atomic E-state index is 13.6. The molecule has 1 N–H and O–H groups in total. The number of halogens is 2. The molecule has 0 radical (unpaired) electrons. The number of benzene rings is 2. The first-order chi connectivity index (χ1) is 18.3. The first-order valence-corrected chi connectivity index (χ1v) is 13.8. The number of likely N-dealkylation sites (tertiary alicyclic amines) is 2. The van der Waals surface area contributed by atoms with Crippen molar-refractivity contribution in [3.8, 4) is 16.9 Å². The Morgan fingerprint density at radius 1 is 1.26 bits per heavy atom. The molecule has 3 heterocycles. The molecule has 38 heavy (non-hydrogen) atoms. The Bertz CT molecular complexity index is 1270. The van der Waals surface area contributed by atoms with E-state index < -0.39 is 5.97 Å². The molecule has 1 spiro atoms. The summed E-state index contributed by atoms with van der Waals surface area (Å²) in [7, 11) is 1.64. The van der Waals surface area contributed by atoms with Gasteiger partial charge < -0.3 is 19.6 Å². The van der Waals surface area contributed by atoms with E-state index in [2.05, 4.69) is 27.9 Å². The number of piperidine rings is 1. The highest BCUT2D eigenvalue weighted by molar-refractivity contribution is 6.35. The molecule has 9 heteroatoms. The molecule has 2 unspecified atom stereocenters. The van der Waals surface area contributed by atoms with Crippen molar-refractivity contribution in [2.75, 3.05) is 26.7 Å². The van der Waals surface area contributed by atoms with Crippen LogP contribution in [-0.4, -0.2) is 65.1 Å². The van der Waals surface area contributed by atoms with Gasteiger partial charge >= 0.3 is 5.97 Å². The minimum Gasteiger partial charge on any atom is -0.495 e. The number of methoxy groups -OCH3 is 1. The Balaban J connectivity index is 1.15. The van der Waals surface area contributed by atoms with Crippen molar-refractivity contribution in [2.45, 2.75) is 63.1 Å². The minimum absolute atomic E-state index is 0.130. The van der Waals surface area contributed by atoms with Gasteiger partial charge in [-0.2, -0.15) is 0 Å². The first kappa shape index (κ1) is 25.4. The zero-order chi connectivity index (χ0) is 26.6. The van der Waals surface area contributed by atoms with Crippen LogP contribution in [0.1, 0.15) is 56.1 Å². The standard InChI is InChI=1S/C29H33ClFN3O4/c1-17-11-20(28(35)36)9-10-34(17)24-13-29(38-32-24)15-33(16-29)14-21-12-23(18-3-4-18)25(26(30)27(21)37-2)19-5-7-22(31)8-6-19/h5-8,12,17-18,20H,3-4,9-11,13-16H2,1-2H3,(H,35,36). The molecule has 0 bridgehead atoms. The number of rotatable bonds is 6. The van der Waals surface area contributed by atoms with Crippen molar-refractivity contribution in [1.82, 2.24) is 9.80 Å². The molecular formula is C29H33ClFN3O4. The molecule has 202 valence electrons. The normalized spacial score (nSPS) is 24.6. The summed E-state index contributed by atoms with van der Waals surface area (Å²) in [4.78, 5) is 21.9. The van der Waals surface area contributed by atoms with Crippen LogP contribution in [-0.2, 0) is 16.2 Å². The van der Waals surface area contributed by atoms with Crippen LogP contribution >= 0.6 is 11.6 Å². The van der Waals surface area contributed by atoms with Crippen LogP contribution in [0.2, 0.25) is 5.02 Å². The molecule has 0 amide bonds. The van der Waals surface area contributed by atoms with Crippen molar-refractivity contribution in [2.24, 2.45) is 11.1 Å². The smallest absolute Gasteiger partial charge is 0.306 e. The summed E-state index contributed by atoms with van der Waals surface area (Å²) in [5.74, 6) is 0.791. The second kappa shape index (κ2) is 9.72. The van der Waals surface area contributed by atoms with Gasteiger partial charge in [0.1, 0.15) is 17.4 Å². The van der Waals surface area contributed by atoms with E-state index in [4.69, 9.17) is 21.2 Å². The minimum atomic E-state index is -0.710. The number of amidine groups is 1. The Morgan fingerprint density at radius 3 is 2.63 bits per heavy atom. The lowest BCUT2D eigenvalue weighted by molar-refractivity contribution is -0.143. The number of oxime groups is 1. The lowest BCUT2D eigenvalue weighted by Gasteiger charge is -2.46. The molecular weight excluding hydrogens is 509 g/mol. The number of nitrogens with zero attached hydrogens (tertiary/aromatic N) is 3. The lowest BCUT2D eigenvalue weighted by Crippen LogP contribution is -2.61. The van der Waals surface area contributed by atoms with E-state index in [0.29, 0.717) is 42.6 Å². The van der Waals surface area contributed by atoms with E-state index in [0.717, 1.165) is 54.9 Å². The Hall–Kier alpha value is -2.84. The molecule has 1 saturated carbocycles. The Morgan fingerprint density at radius 2 is 2.00 bits per heavy atom. The highest BCUT2D eigenvalue weighted by atomic mass is 35.5. The van der Waals surface area contributed by atoms with Gasteiger partial charge in [-0.1, -0.05) is 28.9 Å². The summed E-state index contributed by atoms with van der Waals surface area (Å²) >= 11 is 6.96. The van der Waals surface area contributed by atoms with Crippen LogP contribution < -0.4 is 4.74 Å². The summed E-state index contributed by atoms with van der Waals surface area (Å²) < 4.78 is 19.4. The fourth-order valence-electron chi connectivity index (χ4n) is 6.40. The van der Waals surface area contributed by atoms with Gasteiger partial charge in [0.25, 0.3) is 0 Å². The molecule has 2 aromatic rings. The van der Waals surface area contributed by atoms with Crippen LogP contribution in [0.4, 0.5) is 4.39 Å². The fourth-order valence-corrected chi connectivity index (χ4v) is 6.81. The monoisotopic (exact) mass is 541 g/mol. The van der Waals surface area contributed by atoms with Crippen LogP contribution in [0, 0.1) is 11.7 Å². The number of hydrogen-bond acceptors (Lipinski definition) is 6. The van der Waals surface area contributed by atoms with Gasteiger partial charge in [0.05, 0.1) is 24.5 Å². The predicted octanol–water partition coefficient (Wildman–Crippen LogP) is 5.51. The second-order valence-electron chi connectivity index (χ2n) is 11.3. The Labute approximate surface area is 227 Å². The summed E-state index contributed by atoms with van der Waals surface area (Å²) in [5, 5.41) is 14.4. The van der Waals surface area contributed by atoms with Crippen molar-refractivity contribution in [3.63, 3.8) is 0 Å². The van der Waals surface area contributed by atoms with Crippen LogP contribution in [0.3, 0.4) is 0 Å². The quantitative estimate of drug-likeness (QED) is 0.520. The summed E-state index contributed by atoms with van der Waals surface area (Å²) in [6, 6.07) is 8.84. The average molecular weight is 542 g/mol. The molecule has 1 aliphatic carbocycles. The zero-order valence-corrected chi connectivity index (χ0v) is 22.5. The molecule has 2 aromatic carbocycles.